The molecule has 0 saturated heterocycles. The smallest absolute Gasteiger partial charge is 0.340 e. The number of rotatable bonds is 7. The zero-order valence-corrected chi connectivity index (χ0v) is 12.9. The fourth-order valence-corrected chi connectivity index (χ4v) is 1.73. The lowest BCUT2D eigenvalue weighted by molar-refractivity contribution is -0.384. The molecule has 0 bridgehead atoms. The second-order valence-corrected chi connectivity index (χ2v) is 4.19. The fourth-order valence-electron chi connectivity index (χ4n) is 1.73. The van der Waals surface area contributed by atoms with Gasteiger partial charge in [-0.3, -0.25) is 10.1 Å². The third-order valence-corrected chi connectivity index (χ3v) is 3.00. The summed E-state index contributed by atoms with van der Waals surface area (Å²) >= 11 is 0. The van der Waals surface area contributed by atoms with E-state index in [2.05, 4.69) is 4.90 Å². The van der Waals surface area contributed by atoms with Gasteiger partial charge in [0.25, 0.3) is 5.69 Å². The Labute approximate surface area is 129 Å². The van der Waals surface area contributed by atoms with Gasteiger partial charge in [-0.05, 0) is 19.2 Å². The molecule has 1 aromatic rings. The van der Waals surface area contributed by atoms with E-state index in [4.69, 9.17) is 10.5 Å². The van der Waals surface area contributed by atoms with Crippen molar-refractivity contribution in [2.45, 2.75) is 13.8 Å². The monoisotopic (exact) mass is 317 g/mol. The average Bonchev–Trinajstić information content (AvgIpc) is 2.43. The van der Waals surface area contributed by atoms with Crippen molar-refractivity contribution in [2.75, 3.05) is 32.0 Å². The molecule has 0 fully saturated rings. The van der Waals surface area contributed by atoms with Crippen molar-refractivity contribution < 1.29 is 14.5 Å². The van der Waals surface area contributed by atoms with Crippen LogP contribution in [0.3, 0.4) is 0 Å². The highest BCUT2D eigenvalue weighted by molar-refractivity contribution is 5.95. The van der Waals surface area contributed by atoms with Crippen molar-refractivity contribution >= 4 is 29.8 Å². The number of ether oxygens (including phenoxy) is 1. The summed E-state index contributed by atoms with van der Waals surface area (Å²) in [6.07, 6.45) is 0. The Balaban J connectivity index is 0.00000400. The Kier molecular flexibility index (Phi) is 8.34. The normalized spacial score (nSPS) is 10.0. The molecule has 0 heterocycles. The number of carbonyl (C=O) groups excluding carboxylic acids is 1. The van der Waals surface area contributed by atoms with Crippen LogP contribution in [0, 0.1) is 10.1 Å². The Morgan fingerprint density at radius 3 is 2.48 bits per heavy atom. The molecule has 0 unspecified atom stereocenters. The molecule has 21 heavy (non-hydrogen) atoms. The first-order valence-electron chi connectivity index (χ1n) is 6.43. The maximum absolute atomic E-state index is 11.8. The van der Waals surface area contributed by atoms with Gasteiger partial charge in [0.1, 0.15) is 6.61 Å². The topological polar surface area (TPSA) is 98.7 Å². The number of nitrogens with two attached hydrogens (primary N) is 1. The van der Waals surface area contributed by atoms with Crippen LogP contribution in [0.5, 0.6) is 0 Å². The standard InChI is InChI=1S/C13H19N3O4.ClH/c1-3-15(4-2)7-8-20-13(17)11-6-5-10(16(18)19)9-12(11)14;/h5-6,9H,3-4,7-8,14H2,1-2H3;1H. The molecule has 1 aromatic carbocycles. The Hall–Kier alpha value is -1.86. The van der Waals surface area contributed by atoms with Crippen LogP contribution in [0.15, 0.2) is 18.2 Å². The van der Waals surface area contributed by atoms with Crippen LogP contribution < -0.4 is 5.73 Å². The molecule has 8 heteroatoms. The zero-order valence-electron chi connectivity index (χ0n) is 12.1. The predicted molar refractivity (Wildman–Crippen MR) is 82.8 cm³/mol. The fraction of sp³-hybridized carbons (Fsp3) is 0.462. The van der Waals surface area contributed by atoms with Gasteiger partial charge in [-0.2, -0.15) is 0 Å². The van der Waals surface area contributed by atoms with E-state index in [1.807, 2.05) is 13.8 Å². The van der Waals surface area contributed by atoms with Crippen LogP contribution in [0.25, 0.3) is 0 Å². The molecule has 7 nitrogen and oxygen atoms in total. The van der Waals surface area contributed by atoms with Gasteiger partial charge in [0.2, 0.25) is 0 Å². The van der Waals surface area contributed by atoms with Gasteiger partial charge in [0, 0.05) is 18.7 Å². The summed E-state index contributed by atoms with van der Waals surface area (Å²) in [6.45, 7) is 6.73. The van der Waals surface area contributed by atoms with E-state index in [1.165, 1.54) is 12.1 Å². The van der Waals surface area contributed by atoms with Gasteiger partial charge >= 0.3 is 5.97 Å². The highest BCUT2D eigenvalue weighted by atomic mass is 35.5. The third kappa shape index (κ3) is 5.57. The number of hydrogen-bond acceptors (Lipinski definition) is 6. The van der Waals surface area contributed by atoms with Crippen molar-refractivity contribution in [2.24, 2.45) is 0 Å². The summed E-state index contributed by atoms with van der Waals surface area (Å²) in [4.78, 5) is 23.9. The van der Waals surface area contributed by atoms with Crippen LogP contribution in [-0.4, -0.2) is 42.0 Å². The minimum Gasteiger partial charge on any atom is -0.461 e. The summed E-state index contributed by atoms with van der Waals surface area (Å²) in [5, 5.41) is 10.6. The first kappa shape index (κ1) is 19.1. The quantitative estimate of drug-likeness (QED) is 0.358. The third-order valence-electron chi connectivity index (χ3n) is 3.00. The molecule has 0 aromatic heterocycles. The Bertz CT molecular complexity index is 492. The maximum atomic E-state index is 11.8. The first-order chi connectivity index (χ1) is 9.49. The summed E-state index contributed by atoms with van der Waals surface area (Å²) in [5.41, 5.74) is 5.67. The number of likely N-dealkylation sites (N-methyl/N-ethyl adjacent to an activating group) is 1. The van der Waals surface area contributed by atoms with E-state index < -0.39 is 10.9 Å². The molecule has 0 aliphatic rings. The van der Waals surface area contributed by atoms with Gasteiger partial charge < -0.3 is 15.4 Å². The molecule has 0 aliphatic heterocycles. The molecule has 2 N–H and O–H groups in total. The van der Waals surface area contributed by atoms with E-state index in [0.29, 0.717) is 6.54 Å². The van der Waals surface area contributed by atoms with Crippen molar-refractivity contribution in [1.29, 1.82) is 0 Å². The number of benzene rings is 1. The van der Waals surface area contributed by atoms with E-state index in [0.717, 1.165) is 19.2 Å². The number of nitrogen functional groups attached to an aromatic ring is 1. The van der Waals surface area contributed by atoms with Crippen LogP contribution in [-0.2, 0) is 4.74 Å². The second kappa shape index (κ2) is 9.15. The average molecular weight is 318 g/mol. The van der Waals surface area contributed by atoms with Crippen molar-refractivity contribution in [3.8, 4) is 0 Å². The second-order valence-electron chi connectivity index (χ2n) is 4.19. The molecule has 118 valence electrons. The van der Waals surface area contributed by atoms with Crippen molar-refractivity contribution in [1.82, 2.24) is 4.90 Å². The van der Waals surface area contributed by atoms with E-state index >= 15 is 0 Å². The molecular weight excluding hydrogens is 298 g/mol. The molecule has 0 atom stereocenters. The lowest BCUT2D eigenvalue weighted by atomic mass is 10.1. The molecule has 0 radical (unpaired) electrons. The lowest BCUT2D eigenvalue weighted by Crippen LogP contribution is -2.28. The number of hydrogen-bond donors (Lipinski definition) is 1. The minimum absolute atomic E-state index is 0. The van der Waals surface area contributed by atoms with E-state index in [9.17, 15) is 14.9 Å². The molecular formula is C13H20ClN3O4. The van der Waals surface area contributed by atoms with Crippen LogP contribution in [0.1, 0.15) is 24.2 Å². The van der Waals surface area contributed by atoms with Gasteiger partial charge in [-0.1, -0.05) is 13.8 Å². The number of anilines is 1. The Morgan fingerprint density at radius 1 is 1.38 bits per heavy atom. The number of carbonyl (C=O) groups is 1. The van der Waals surface area contributed by atoms with Gasteiger partial charge in [0.15, 0.2) is 0 Å². The number of halogens is 1. The number of nitro groups is 1. The van der Waals surface area contributed by atoms with Gasteiger partial charge in [-0.15, -0.1) is 12.4 Å². The summed E-state index contributed by atoms with van der Waals surface area (Å²) < 4.78 is 5.11. The van der Waals surface area contributed by atoms with Gasteiger partial charge in [0.05, 0.1) is 16.2 Å². The molecule has 0 spiro atoms. The summed E-state index contributed by atoms with van der Waals surface area (Å²) in [7, 11) is 0. The van der Waals surface area contributed by atoms with E-state index in [1.54, 1.807) is 0 Å². The highest BCUT2D eigenvalue weighted by Crippen LogP contribution is 2.20. The van der Waals surface area contributed by atoms with Crippen molar-refractivity contribution in [3.63, 3.8) is 0 Å². The number of non-ortho nitro benzene ring substituents is 1. The van der Waals surface area contributed by atoms with Crippen LogP contribution in [0.2, 0.25) is 0 Å². The minimum atomic E-state index is -0.565. The summed E-state index contributed by atoms with van der Waals surface area (Å²) in [5.74, 6) is -0.565. The van der Waals surface area contributed by atoms with Crippen LogP contribution >= 0.6 is 12.4 Å². The highest BCUT2D eigenvalue weighted by Gasteiger charge is 2.15. The number of nitrogens with zero attached hydrogens (tertiary/aromatic N) is 2. The number of nitro benzene ring substituents is 1. The first-order valence-corrected chi connectivity index (χ1v) is 6.43. The number of esters is 1. The lowest BCUT2D eigenvalue weighted by Gasteiger charge is -2.17. The summed E-state index contributed by atoms with van der Waals surface area (Å²) in [6, 6.07) is 3.70. The zero-order chi connectivity index (χ0) is 15.1. The predicted octanol–water partition coefficient (Wildman–Crippen LogP) is 2.10. The van der Waals surface area contributed by atoms with Crippen LogP contribution in [0.4, 0.5) is 11.4 Å². The molecule has 0 amide bonds. The van der Waals surface area contributed by atoms with Crippen molar-refractivity contribution in [3.05, 3.63) is 33.9 Å². The largest absolute Gasteiger partial charge is 0.461 e. The molecule has 0 saturated carbocycles. The van der Waals surface area contributed by atoms with E-state index in [-0.39, 0.29) is 36.0 Å². The molecule has 1 rings (SSSR count). The SMILES string of the molecule is CCN(CC)CCOC(=O)c1ccc([N+](=O)[O-])cc1N.Cl. The molecule has 0 aliphatic carbocycles. The van der Waals surface area contributed by atoms with Gasteiger partial charge in [-0.25, -0.2) is 4.79 Å². The maximum Gasteiger partial charge on any atom is 0.340 e. The Morgan fingerprint density at radius 2 is 2.00 bits per heavy atom.